The smallest absolute Gasteiger partial charge is 0.137 e. The summed E-state index contributed by atoms with van der Waals surface area (Å²) in [5.41, 5.74) is 2.88. The molecule has 2 aromatic rings. The highest BCUT2D eigenvalue weighted by atomic mass is 79.9. The first-order chi connectivity index (χ1) is 9.70. The number of nitrogens with zero attached hydrogens (tertiary/aromatic N) is 2. The Kier molecular flexibility index (Phi) is 2.29. The van der Waals surface area contributed by atoms with E-state index in [0.717, 1.165) is 27.9 Å². The number of imidazole rings is 1. The van der Waals surface area contributed by atoms with Crippen molar-refractivity contribution in [2.75, 3.05) is 0 Å². The normalized spacial score (nSPS) is 38.8. The largest absolute Gasteiger partial charge is 0.306 e. The number of aromatic nitrogens is 2. The van der Waals surface area contributed by atoms with Crippen molar-refractivity contribution in [3.8, 4) is 0 Å². The van der Waals surface area contributed by atoms with Crippen molar-refractivity contribution < 1.29 is 0 Å². The Morgan fingerprint density at radius 3 is 2.30 bits per heavy atom. The number of hydrogen-bond acceptors (Lipinski definition) is 1. The fourth-order valence-corrected chi connectivity index (χ4v) is 6.00. The van der Waals surface area contributed by atoms with E-state index in [1.165, 1.54) is 44.2 Å². The van der Waals surface area contributed by atoms with Crippen molar-refractivity contribution in [1.29, 1.82) is 0 Å². The van der Waals surface area contributed by atoms with Crippen LogP contribution in [0.25, 0.3) is 5.65 Å². The predicted octanol–water partition coefficient (Wildman–Crippen LogP) is 4.56. The molecule has 6 rings (SSSR count). The van der Waals surface area contributed by atoms with Gasteiger partial charge in [-0.15, -0.1) is 0 Å². The molecule has 4 aliphatic rings. The summed E-state index contributed by atoms with van der Waals surface area (Å²) in [6.07, 6.45) is 13.1. The lowest BCUT2D eigenvalue weighted by atomic mass is 9.49. The Balaban J connectivity index is 1.63. The zero-order valence-electron chi connectivity index (χ0n) is 11.6. The van der Waals surface area contributed by atoms with Crippen LogP contribution in [0.15, 0.2) is 29.0 Å². The van der Waals surface area contributed by atoms with Crippen LogP contribution in [0.2, 0.25) is 0 Å². The average molecular weight is 331 g/mol. The topological polar surface area (TPSA) is 17.3 Å². The van der Waals surface area contributed by atoms with Crippen molar-refractivity contribution in [3.63, 3.8) is 0 Å². The van der Waals surface area contributed by atoms with Crippen molar-refractivity contribution in [1.82, 2.24) is 9.38 Å². The molecule has 0 unspecified atom stereocenters. The molecule has 0 aromatic carbocycles. The third kappa shape index (κ3) is 1.59. The minimum absolute atomic E-state index is 0.410. The molecule has 20 heavy (non-hydrogen) atoms. The average Bonchev–Trinajstić information content (AvgIpc) is 2.80. The Labute approximate surface area is 127 Å². The monoisotopic (exact) mass is 330 g/mol. The summed E-state index contributed by atoms with van der Waals surface area (Å²) in [6, 6.07) is 4.21. The molecule has 2 nitrogen and oxygen atoms in total. The van der Waals surface area contributed by atoms with E-state index in [1.54, 1.807) is 0 Å². The molecule has 0 N–H and O–H groups in total. The SMILES string of the molecule is Brc1ccc2nc(C34CC5CC(CC(C5)C3)C4)cn2c1. The van der Waals surface area contributed by atoms with Crippen molar-refractivity contribution in [2.45, 2.75) is 43.9 Å². The lowest BCUT2D eigenvalue weighted by Gasteiger charge is -2.56. The van der Waals surface area contributed by atoms with Gasteiger partial charge < -0.3 is 4.40 Å². The standard InChI is InChI=1S/C17H19BrN2/c18-14-1-2-16-19-15(10-20(16)9-14)17-6-11-3-12(7-17)5-13(4-11)8-17/h1-2,9-13H,3-8H2. The molecule has 0 amide bonds. The Morgan fingerprint density at radius 2 is 1.65 bits per heavy atom. The fourth-order valence-electron chi connectivity index (χ4n) is 5.64. The van der Waals surface area contributed by atoms with Gasteiger partial charge in [0.1, 0.15) is 5.65 Å². The Morgan fingerprint density at radius 1 is 1.00 bits per heavy atom. The molecule has 0 atom stereocenters. The van der Waals surface area contributed by atoms with Gasteiger partial charge in [-0.1, -0.05) is 0 Å². The van der Waals surface area contributed by atoms with Gasteiger partial charge in [0.2, 0.25) is 0 Å². The van der Waals surface area contributed by atoms with Gasteiger partial charge in [-0.25, -0.2) is 4.98 Å². The van der Waals surface area contributed by atoms with E-state index >= 15 is 0 Å². The van der Waals surface area contributed by atoms with Crippen LogP contribution >= 0.6 is 15.9 Å². The van der Waals surface area contributed by atoms with Crippen molar-refractivity contribution in [2.24, 2.45) is 17.8 Å². The summed E-state index contributed by atoms with van der Waals surface area (Å²) >= 11 is 3.56. The molecule has 0 radical (unpaired) electrons. The Hall–Kier alpha value is -0.830. The summed E-state index contributed by atoms with van der Waals surface area (Å²) in [5.74, 6) is 2.95. The minimum Gasteiger partial charge on any atom is -0.306 e. The maximum atomic E-state index is 4.99. The van der Waals surface area contributed by atoms with E-state index in [-0.39, 0.29) is 0 Å². The third-order valence-corrected chi connectivity index (χ3v) is 6.47. The van der Waals surface area contributed by atoms with Gasteiger partial charge in [-0.05, 0) is 84.3 Å². The second kappa shape index (κ2) is 3.88. The highest BCUT2D eigenvalue weighted by molar-refractivity contribution is 9.10. The molecular weight excluding hydrogens is 312 g/mol. The predicted molar refractivity (Wildman–Crippen MR) is 82.7 cm³/mol. The van der Waals surface area contributed by atoms with E-state index in [4.69, 9.17) is 4.98 Å². The zero-order chi connectivity index (χ0) is 13.3. The highest BCUT2D eigenvalue weighted by Crippen LogP contribution is 2.60. The summed E-state index contributed by atoms with van der Waals surface area (Å²) < 4.78 is 3.32. The van der Waals surface area contributed by atoms with Crippen LogP contribution in [0.1, 0.15) is 44.2 Å². The highest BCUT2D eigenvalue weighted by Gasteiger charge is 2.52. The van der Waals surface area contributed by atoms with E-state index in [2.05, 4.69) is 44.9 Å². The number of halogens is 1. The van der Waals surface area contributed by atoms with Crippen molar-refractivity contribution >= 4 is 21.6 Å². The van der Waals surface area contributed by atoms with Gasteiger partial charge in [0.05, 0.1) is 5.69 Å². The number of fused-ring (bicyclic) bond motifs is 1. The van der Waals surface area contributed by atoms with Crippen LogP contribution in [0.4, 0.5) is 0 Å². The molecule has 4 bridgehead atoms. The third-order valence-electron chi connectivity index (χ3n) is 6.00. The van der Waals surface area contributed by atoms with Gasteiger partial charge >= 0.3 is 0 Å². The lowest BCUT2D eigenvalue weighted by Crippen LogP contribution is -2.48. The van der Waals surface area contributed by atoms with Crippen LogP contribution in [-0.4, -0.2) is 9.38 Å². The molecule has 104 valence electrons. The first kappa shape index (κ1) is 11.8. The second-order valence-electron chi connectivity index (χ2n) is 7.44. The quantitative estimate of drug-likeness (QED) is 0.748. The molecule has 4 fully saturated rings. The molecular formula is C17H19BrN2. The first-order valence-electron chi connectivity index (χ1n) is 7.85. The molecule has 3 heteroatoms. The molecule has 0 spiro atoms. The molecule has 2 heterocycles. The van der Waals surface area contributed by atoms with Gasteiger partial charge in [-0.3, -0.25) is 0 Å². The van der Waals surface area contributed by atoms with E-state index < -0.39 is 0 Å². The molecule has 4 aliphatic carbocycles. The summed E-state index contributed by atoms with van der Waals surface area (Å²) in [6.45, 7) is 0. The minimum atomic E-state index is 0.410. The Bertz CT molecular complexity index is 652. The first-order valence-corrected chi connectivity index (χ1v) is 8.64. The van der Waals surface area contributed by atoms with Gasteiger partial charge in [-0.2, -0.15) is 0 Å². The second-order valence-corrected chi connectivity index (χ2v) is 8.35. The van der Waals surface area contributed by atoms with Crippen LogP contribution in [-0.2, 0) is 5.41 Å². The number of rotatable bonds is 1. The van der Waals surface area contributed by atoms with E-state index in [0.29, 0.717) is 5.41 Å². The van der Waals surface area contributed by atoms with Gasteiger partial charge in [0.25, 0.3) is 0 Å². The van der Waals surface area contributed by atoms with Crippen LogP contribution in [0.3, 0.4) is 0 Å². The van der Waals surface area contributed by atoms with Crippen LogP contribution in [0, 0.1) is 17.8 Å². The van der Waals surface area contributed by atoms with Gasteiger partial charge in [0.15, 0.2) is 0 Å². The molecule has 2 aromatic heterocycles. The summed E-state index contributed by atoms with van der Waals surface area (Å²) in [7, 11) is 0. The lowest BCUT2D eigenvalue weighted by molar-refractivity contribution is -0.00697. The zero-order valence-corrected chi connectivity index (χ0v) is 13.1. The fraction of sp³-hybridized carbons (Fsp3) is 0.588. The number of pyridine rings is 1. The van der Waals surface area contributed by atoms with E-state index in [9.17, 15) is 0 Å². The maximum Gasteiger partial charge on any atom is 0.137 e. The molecule has 0 saturated heterocycles. The number of hydrogen-bond donors (Lipinski definition) is 0. The van der Waals surface area contributed by atoms with E-state index in [1.807, 2.05) is 0 Å². The maximum absolute atomic E-state index is 4.99. The van der Waals surface area contributed by atoms with Crippen molar-refractivity contribution in [3.05, 3.63) is 34.7 Å². The van der Waals surface area contributed by atoms with Gasteiger partial charge in [0, 0.05) is 22.3 Å². The summed E-state index contributed by atoms with van der Waals surface area (Å²) in [5, 5.41) is 0. The van der Waals surface area contributed by atoms with Crippen LogP contribution in [0.5, 0.6) is 0 Å². The molecule has 4 saturated carbocycles. The van der Waals surface area contributed by atoms with Crippen LogP contribution < -0.4 is 0 Å². The summed E-state index contributed by atoms with van der Waals surface area (Å²) in [4.78, 5) is 4.99. The molecule has 0 aliphatic heterocycles.